The molecular formula is C21H24N6O2. The Kier molecular flexibility index (Phi) is 4.61. The number of H-pyrrole nitrogens is 1. The summed E-state index contributed by atoms with van der Waals surface area (Å²) in [6.45, 7) is 1.92. The van der Waals surface area contributed by atoms with E-state index in [1.807, 2.05) is 35.2 Å². The number of likely N-dealkylation sites (tertiary alicyclic amines) is 1. The summed E-state index contributed by atoms with van der Waals surface area (Å²) in [5.41, 5.74) is 1.54. The highest BCUT2D eigenvalue weighted by molar-refractivity contribution is 5.79. The van der Waals surface area contributed by atoms with Gasteiger partial charge >= 0.3 is 0 Å². The number of nitrogens with zero attached hydrogens (tertiary/aromatic N) is 5. The van der Waals surface area contributed by atoms with E-state index >= 15 is 0 Å². The molecule has 1 saturated heterocycles. The van der Waals surface area contributed by atoms with Crippen molar-refractivity contribution in [1.82, 2.24) is 29.9 Å². The highest BCUT2D eigenvalue weighted by Crippen LogP contribution is 2.31. The molecule has 1 amide bonds. The van der Waals surface area contributed by atoms with E-state index < -0.39 is 0 Å². The zero-order chi connectivity index (χ0) is 19.8. The molecule has 0 spiro atoms. The van der Waals surface area contributed by atoms with Gasteiger partial charge < -0.3 is 9.88 Å². The monoisotopic (exact) mass is 392 g/mol. The molecule has 5 rings (SSSR count). The zero-order valence-electron chi connectivity index (χ0n) is 16.3. The molecule has 8 heteroatoms. The van der Waals surface area contributed by atoms with Crippen molar-refractivity contribution in [3.8, 4) is 0 Å². The van der Waals surface area contributed by atoms with Crippen molar-refractivity contribution in [2.24, 2.45) is 5.92 Å². The maximum atomic E-state index is 12.7. The molecule has 3 heterocycles. The third kappa shape index (κ3) is 3.43. The topological polar surface area (TPSA) is 96.8 Å². The smallest absolute Gasteiger partial charge is 0.281 e. The van der Waals surface area contributed by atoms with Crippen LogP contribution in [0.4, 0.5) is 0 Å². The van der Waals surface area contributed by atoms with Crippen molar-refractivity contribution < 1.29 is 4.79 Å². The number of hydrogen-bond donors (Lipinski definition) is 1. The number of aromatic nitrogens is 5. The number of benzene rings is 1. The third-order valence-electron chi connectivity index (χ3n) is 6.14. The van der Waals surface area contributed by atoms with Crippen molar-refractivity contribution in [1.29, 1.82) is 0 Å². The summed E-state index contributed by atoms with van der Waals surface area (Å²) in [5, 5.41) is 8.17. The van der Waals surface area contributed by atoms with Crippen LogP contribution < -0.4 is 5.56 Å². The van der Waals surface area contributed by atoms with E-state index in [1.54, 1.807) is 4.68 Å². The Morgan fingerprint density at radius 2 is 1.97 bits per heavy atom. The van der Waals surface area contributed by atoms with Crippen LogP contribution in [0.3, 0.4) is 0 Å². The van der Waals surface area contributed by atoms with Gasteiger partial charge in [0.25, 0.3) is 5.56 Å². The van der Waals surface area contributed by atoms with Crippen molar-refractivity contribution in [3.05, 3.63) is 52.1 Å². The number of carbonyl (C=O) groups excluding carboxylic acids is 1. The third-order valence-corrected chi connectivity index (χ3v) is 6.14. The maximum Gasteiger partial charge on any atom is 0.281 e. The number of rotatable bonds is 4. The van der Waals surface area contributed by atoms with Gasteiger partial charge in [-0.3, -0.25) is 9.59 Å². The summed E-state index contributed by atoms with van der Waals surface area (Å²) >= 11 is 0. The molecule has 0 unspecified atom stereocenters. The van der Waals surface area contributed by atoms with E-state index in [1.165, 1.54) is 0 Å². The SMILES string of the molecule is O=C(C1CCC1)N1CCC[C@@H](c2nc3c(nnn3Cc3ccccc3)c(=O)[nH]2)C1. The van der Waals surface area contributed by atoms with Gasteiger partial charge in [-0.2, -0.15) is 0 Å². The molecule has 3 aromatic rings. The van der Waals surface area contributed by atoms with Crippen LogP contribution >= 0.6 is 0 Å². The average Bonchev–Trinajstić information content (AvgIpc) is 3.11. The van der Waals surface area contributed by atoms with Crippen LogP contribution in [0, 0.1) is 5.92 Å². The fourth-order valence-electron chi connectivity index (χ4n) is 4.25. The van der Waals surface area contributed by atoms with E-state index in [-0.39, 0.29) is 28.8 Å². The summed E-state index contributed by atoms with van der Waals surface area (Å²) < 4.78 is 1.67. The molecule has 1 N–H and O–H groups in total. The lowest BCUT2D eigenvalue weighted by Crippen LogP contribution is -2.44. The van der Waals surface area contributed by atoms with E-state index in [4.69, 9.17) is 4.98 Å². The van der Waals surface area contributed by atoms with E-state index in [0.29, 0.717) is 24.6 Å². The van der Waals surface area contributed by atoms with Crippen LogP contribution in [-0.2, 0) is 11.3 Å². The van der Waals surface area contributed by atoms with Gasteiger partial charge in [-0.1, -0.05) is 42.0 Å². The first kappa shape index (κ1) is 18.0. The Balaban J connectivity index is 1.43. The summed E-state index contributed by atoms with van der Waals surface area (Å²) in [6.07, 6.45) is 4.99. The number of nitrogens with one attached hydrogen (secondary N) is 1. The van der Waals surface area contributed by atoms with E-state index in [0.717, 1.165) is 44.2 Å². The predicted molar refractivity (Wildman–Crippen MR) is 107 cm³/mol. The maximum absolute atomic E-state index is 12.7. The van der Waals surface area contributed by atoms with E-state index in [2.05, 4.69) is 15.3 Å². The molecule has 2 aromatic heterocycles. The van der Waals surface area contributed by atoms with Crippen LogP contribution in [-0.4, -0.2) is 48.9 Å². The standard InChI is InChI=1S/C21H24N6O2/c28-20-17-19(27(25-24-17)12-14-6-2-1-3-7-14)22-18(23-20)16-10-5-11-26(13-16)21(29)15-8-4-9-15/h1-3,6-7,15-16H,4-5,8-13H2,(H,22,23,28)/t16-/m1/s1. The number of aromatic amines is 1. The van der Waals surface area contributed by atoms with Crippen LogP contribution in [0.15, 0.2) is 35.1 Å². The van der Waals surface area contributed by atoms with Gasteiger partial charge in [-0.25, -0.2) is 9.67 Å². The first-order valence-electron chi connectivity index (χ1n) is 10.3. The van der Waals surface area contributed by atoms with Gasteiger partial charge in [0.15, 0.2) is 11.2 Å². The molecule has 29 heavy (non-hydrogen) atoms. The summed E-state index contributed by atoms with van der Waals surface area (Å²) in [7, 11) is 0. The Hall–Kier alpha value is -3.03. The van der Waals surface area contributed by atoms with Crippen molar-refractivity contribution in [3.63, 3.8) is 0 Å². The normalized spacial score (nSPS) is 20.0. The van der Waals surface area contributed by atoms with Crippen molar-refractivity contribution >= 4 is 17.1 Å². The first-order chi connectivity index (χ1) is 14.2. The molecule has 0 bridgehead atoms. The van der Waals surface area contributed by atoms with Crippen LogP contribution in [0.5, 0.6) is 0 Å². The second kappa shape index (κ2) is 7.42. The summed E-state index contributed by atoms with van der Waals surface area (Å²) in [6, 6.07) is 9.91. The average molecular weight is 392 g/mol. The minimum absolute atomic E-state index is 0.0324. The number of carbonyl (C=O) groups is 1. The highest BCUT2D eigenvalue weighted by Gasteiger charge is 2.33. The lowest BCUT2D eigenvalue weighted by Gasteiger charge is -2.36. The molecule has 2 fully saturated rings. The molecule has 1 aliphatic carbocycles. The van der Waals surface area contributed by atoms with Crippen molar-refractivity contribution in [2.45, 2.75) is 44.6 Å². The van der Waals surface area contributed by atoms with Gasteiger partial charge in [0, 0.05) is 24.9 Å². The quantitative estimate of drug-likeness (QED) is 0.733. The van der Waals surface area contributed by atoms with Gasteiger partial charge in [0.2, 0.25) is 5.91 Å². The summed E-state index contributed by atoms with van der Waals surface area (Å²) in [5.74, 6) is 1.12. The second-order valence-electron chi connectivity index (χ2n) is 8.11. The molecule has 2 aliphatic rings. The van der Waals surface area contributed by atoms with Gasteiger partial charge in [-0.15, -0.1) is 5.10 Å². The molecule has 150 valence electrons. The van der Waals surface area contributed by atoms with E-state index in [9.17, 15) is 9.59 Å². The zero-order valence-corrected chi connectivity index (χ0v) is 16.3. The number of hydrogen-bond acceptors (Lipinski definition) is 5. The Morgan fingerprint density at radius 1 is 1.14 bits per heavy atom. The highest BCUT2D eigenvalue weighted by atomic mass is 16.2. The van der Waals surface area contributed by atoms with Crippen LogP contribution in [0.1, 0.15) is 49.4 Å². The van der Waals surface area contributed by atoms with Gasteiger partial charge in [0.1, 0.15) is 5.82 Å². The largest absolute Gasteiger partial charge is 0.342 e. The Labute approximate surface area is 167 Å². The van der Waals surface area contributed by atoms with Crippen LogP contribution in [0.25, 0.3) is 11.2 Å². The first-order valence-corrected chi connectivity index (χ1v) is 10.3. The fraction of sp³-hybridized carbons (Fsp3) is 0.476. The molecule has 1 atom stereocenters. The lowest BCUT2D eigenvalue weighted by atomic mass is 9.83. The molecule has 1 saturated carbocycles. The molecule has 1 aliphatic heterocycles. The lowest BCUT2D eigenvalue weighted by molar-refractivity contribution is -0.139. The number of fused-ring (bicyclic) bond motifs is 1. The molecule has 1 aromatic carbocycles. The minimum Gasteiger partial charge on any atom is -0.342 e. The predicted octanol–water partition coefficient (Wildman–Crippen LogP) is 2.07. The van der Waals surface area contributed by atoms with Crippen LogP contribution in [0.2, 0.25) is 0 Å². The molecule has 8 nitrogen and oxygen atoms in total. The van der Waals surface area contributed by atoms with Gasteiger partial charge in [-0.05, 0) is 31.2 Å². The molecular weight excluding hydrogens is 368 g/mol. The van der Waals surface area contributed by atoms with Crippen molar-refractivity contribution in [2.75, 3.05) is 13.1 Å². The Morgan fingerprint density at radius 3 is 2.72 bits per heavy atom. The number of amides is 1. The fourth-order valence-corrected chi connectivity index (χ4v) is 4.25. The number of piperidine rings is 1. The molecule has 0 radical (unpaired) electrons. The van der Waals surface area contributed by atoms with Gasteiger partial charge in [0.05, 0.1) is 6.54 Å². The Bertz CT molecular complexity index is 1090. The summed E-state index contributed by atoms with van der Waals surface area (Å²) in [4.78, 5) is 34.8. The second-order valence-corrected chi connectivity index (χ2v) is 8.11. The minimum atomic E-state index is -0.272.